The molecule has 0 aliphatic carbocycles. The van der Waals surface area contributed by atoms with Crippen LogP contribution in [-0.2, 0) is 4.79 Å². The molecule has 0 radical (unpaired) electrons. The van der Waals surface area contributed by atoms with Crippen LogP contribution in [0.1, 0.15) is 42.6 Å². The number of carbonyl (C=O) groups excluding carboxylic acids is 1. The monoisotopic (exact) mass is 405 g/mol. The van der Waals surface area contributed by atoms with Gasteiger partial charge in [0.1, 0.15) is 10.2 Å². The third-order valence-corrected chi connectivity index (χ3v) is 7.66. The molecule has 2 aromatic rings. The minimum absolute atomic E-state index is 0.144. The van der Waals surface area contributed by atoms with Crippen LogP contribution in [0.2, 0.25) is 5.15 Å². The number of aromatic nitrogens is 2. The molecular formula is C19H20ClN3OS2. The van der Waals surface area contributed by atoms with Crippen molar-refractivity contribution in [3.8, 4) is 0 Å². The standard InChI is InChI=1S/C19H20ClN3OS2/c1-11(13-6-4-3-5-7-13)25-19-21-17(20)16-14-8-9-23(12(2)24)10-15(14)26-18(16)22-19/h3-7,11,14-15H,8-10H2,1-2H3. The molecule has 0 saturated carbocycles. The Morgan fingerprint density at radius 2 is 2.12 bits per heavy atom. The average molecular weight is 406 g/mol. The molecule has 2 aliphatic rings. The van der Waals surface area contributed by atoms with Crippen molar-refractivity contribution in [3.05, 3.63) is 46.6 Å². The van der Waals surface area contributed by atoms with Gasteiger partial charge in [-0.1, -0.05) is 53.7 Å². The molecule has 26 heavy (non-hydrogen) atoms. The molecule has 136 valence electrons. The fourth-order valence-corrected chi connectivity index (χ4v) is 6.47. The van der Waals surface area contributed by atoms with E-state index >= 15 is 0 Å². The molecule has 3 heterocycles. The number of hydrogen-bond acceptors (Lipinski definition) is 5. The summed E-state index contributed by atoms with van der Waals surface area (Å²) >= 11 is 9.95. The highest BCUT2D eigenvalue weighted by Gasteiger charge is 2.41. The van der Waals surface area contributed by atoms with E-state index in [1.54, 1.807) is 30.4 Å². The van der Waals surface area contributed by atoms with E-state index in [4.69, 9.17) is 16.6 Å². The van der Waals surface area contributed by atoms with Crippen LogP contribution in [0.3, 0.4) is 0 Å². The Morgan fingerprint density at radius 1 is 1.35 bits per heavy atom. The molecule has 3 unspecified atom stereocenters. The van der Waals surface area contributed by atoms with Crippen LogP contribution in [0.4, 0.5) is 0 Å². The zero-order chi connectivity index (χ0) is 18.3. The van der Waals surface area contributed by atoms with Crippen LogP contribution in [0, 0.1) is 0 Å². The molecule has 3 atom stereocenters. The van der Waals surface area contributed by atoms with Crippen LogP contribution in [0.15, 0.2) is 40.5 Å². The second-order valence-corrected chi connectivity index (χ2v) is 9.60. The maximum absolute atomic E-state index is 11.7. The normalized spacial score (nSPS) is 22.7. The van der Waals surface area contributed by atoms with Gasteiger partial charge in [0, 0.05) is 42.0 Å². The number of hydrogen-bond donors (Lipinski definition) is 0. The first-order valence-corrected chi connectivity index (χ1v) is 10.9. The van der Waals surface area contributed by atoms with Crippen molar-refractivity contribution in [1.82, 2.24) is 14.9 Å². The number of halogens is 1. The van der Waals surface area contributed by atoms with Crippen LogP contribution < -0.4 is 0 Å². The smallest absolute Gasteiger partial charge is 0.219 e. The van der Waals surface area contributed by atoms with E-state index in [-0.39, 0.29) is 11.2 Å². The number of benzene rings is 1. The third-order valence-electron chi connectivity index (χ3n) is 5.03. The van der Waals surface area contributed by atoms with Crippen LogP contribution in [-0.4, -0.2) is 39.1 Å². The van der Waals surface area contributed by atoms with Crippen molar-refractivity contribution in [2.75, 3.05) is 13.1 Å². The molecule has 1 amide bonds. The highest BCUT2D eigenvalue weighted by Crippen LogP contribution is 2.51. The highest BCUT2D eigenvalue weighted by atomic mass is 35.5. The lowest BCUT2D eigenvalue weighted by Crippen LogP contribution is -2.42. The highest BCUT2D eigenvalue weighted by molar-refractivity contribution is 8.00. The largest absolute Gasteiger partial charge is 0.342 e. The summed E-state index contributed by atoms with van der Waals surface area (Å²) in [7, 11) is 0. The number of likely N-dealkylation sites (tertiary alicyclic amines) is 1. The van der Waals surface area contributed by atoms with Gasteiger partial charge in [-0.15, -0.1) is 11.8 Å². The molecule has 0 spiro atoms. The number of rotatable bonds is 3. The molecule has 1 fully saturated rings. The summed E-state index contributed by atoms with van der Waals surface area (Å²) in [5.74, 6) is 0.494. The van der Waals surface area contributed by atoms with Crippen molar-refractivity contribution >= 4 is 41.0 Å². The molecule has 2 aliphatic heterocycles. The minimum atomic E-state index is 0.144. The molecule has 1 saturated heterocycles. The van der Waals surface area contributed by atoms with E-state index in [2.05, 4.69) is 24.0 Å². The first kappa shape index (κ1) is 18.1. The second-order valence-electron chi connectivity index (χ2n) is 6.70. The van der Waals surface area contributed by atoms with Crippen molar-refractivity contribution in [1.29, 1.82) is 0 Å². The zero-order valence-corrected chi connectivity index (χ0v) is 17.1. The number of carbonyl (C=O) groups is 1. The third kappa shape index (κ3) is 3.47. The van der Waals surface area contributed by atoms with Gasteiger partial charge in [0.05, 0.1) is 0 Å². The summed E-state index contributed by atoms with van der Waals surface area (Å²) in [6.45, 7) is 5.34. The topological polar surface area (TPSA) is 46.1 Å². The molecule has 1 aromatic carbocycles. The van der Waals surface area contributed by atoms with Gasteiger partial charge in [-0.3, -0.25) is 4.79 Å². The predicted octanol–water partition coefficient (Wildman–Crippen LogP) is 4.79. The lowest BCUT2D eigenvalue weighted by Gasteiger charge is -2.33. The van der Waals surface area contributed by atoms with Crippen molar-refractivity contribution in [2.45, 2.75) is 46.9 Å². The van der Waals surface area contributed by atoms with E-state index < -0.39 is 0 Å². The van der Waals surface area contributed by atoms with Crippen LogP contribution in [0.25, 0.3) is 0 Å². The Hall–Kier alpha value is -1.24. The maximum Gasteiger partial charge on any atom is 0.219 e. The number of thioether (sulfide) groups is 2. The molecule has 4 rings (SSSR count). The van der Waals surface area contributed by atoms with Crippen molar-refractivity contribution in [2.24, 2.45) is 0 Å². The van der Waals surface area contributed by atoms with Gasteiger partial charge in [-0.05, 0) is 18.9 Å². The van der Waals surface area contributed by atoms with Crippen molar-refractivity contribution < 1.29 is 4.79 Å². The van der Waals surface area contributed by atoms with Crippen LogP contribution >= 0.6 is 35.1 Å². The molecule has 0 N–H and O–H groups in total. The fraction of sp³-hybridized carbons (Fsp3) is 0.421. The quantitative estimate of drug-likeness (QED) is 0.417. The molecule has 1 aromatic heterocycles. The van der Waals surface area contributed by atoms with E-state index in [9.17, 15) is 4.79 Å². The summed E-state index contributed by atoms with van der Waals surface area (Å²) in [6, 6.07) is 10.3. The summed E-state index contributed by atoms with van der Waals surface area (Å²) in [4.78, 5) is 23.0. The Kier molecular flexibility index (Phi) is 5.17. The van der Waals surface area contributed by atoms with Gasteiger partial charge in [0.15, 0.2) is 5.16 Å². The SMILES string of the molecule is CC(=O)N1CCC2c3c(Cl)nc(SC(C)c4ccccc4)nc3SC2C1. The number of nitrogens with zero attached hydrogens (tertiary/aromatic N) is 3. The van der Waals surface area contributed by atoms with E-state index in [1.807, 2.05) is 23.1 Å². The van der Waals surface area contributed by atoms with Gasteiger partial charge in [-0.25, -0.2) is 9.97 Å². The minimum Gasteiger partial charge on any atom is -0.342 e. The first-order chi connectivity index (χ1) is 12.5. The second kappa shape index (κ2) is 7.41. The number of fused-ring (bicyclic) bond motifs is 3. The van der Waals surface area contributed by atoms with Gasteiger partial charge in [0.2, 0.25) is 5.91 Å². The van der Waals surface area contributed by atoms with Gasteiger partial charge in [-0.2, -0.15) is 0 Å². The van der Waals surface area contributed by atoms with E-state index in [0.717, 1.165) is 35.3 Å². The van der Waals surface area contributed by atoms with Gasteiger partial charge >= 0.3 is 0 Å². The Morgan fingerprint density at radius 3 is 2.85 bits per heavy atom. The maximum atomic E-state index is 11.7. The molecule has 0 bridgehead atoms. The number of amides is 1. The first-order valence-electron chi connectivity index (χ1n) is 8.74. The summed E-state index contributed by atoms with van der Waals surface area (Å²) in [6.07, 6.45) is 0.931. The van der Waals surface area contributed by atoms with Gasteiger partial charge in [0.25, 0.3) is 0 Å². The van der Waals surface area contributed by atoms with E-state index in [0.29, 0.717) is 16.3 Å². The summed E-state index contributed by atoms with van der Waals surface area (Å²) in [5, 5.41) is 2.88. The van der Waals surface area contributed by atoms with Gasteiger partial charge < -0.3 is 4.90 Å². The summed E-state index contributed by atoms with van der Waals surface area (Å²) < 4.78 is 0. The Labute approximate surface area is 167 Å². The summed E-state index contributed by atoms with van der Waals surface area (Å²) in [5.41, 5.74) is 2.33. The zero-order valence-electron chi connectivity index (χ0n) is 14.7. The molecule has 4 nitrogen and oxygen atoms in total. The lowest BCUT2D eigenvalue weighted by atomic mass is 9.91. The van der Waals surface area contributed by atoms with Crippen molar-refractivity contribution in [3.63, 3.8) is 0 Å². The lowest BCUT2D eigenvalue weighted by molar-refractivity contribution is -0.129. The molecule has 7 heteroatoms. The predicted molar refractivity (Wildman–Crippen MR) is 107 cm³/mol. The Bertz CT molecular complexity index is 833. The average Bonchev–Trinajstić information content (AvgIpc) is 3.00. The Balaban J connectivity index is 1.55. The number of piperidine rings is 1. The van der Waals surface area contributed by atoms with Crippen LogP contribution in [0.5, 0.6) is 0 Å². The fourth-order valence-electron chi connectivity index (χ4n) is 3.60. The molecular weight excluding hydrogens is 386 g/mol. The van der Waals surface area contributed by atoms with E-state index in [1.165, 1.54) is 5.56 Å².